The van der Waals surface area contributed by atoms with Gasteiger partial charge in [0.15, 0.2) is 5.37 Å². The standard InChI is InChI=1S/C16H11FN2O4S/c17-10-4-6-12(7-5-10)19-14(20)13(24-16(19)23)18-11-3-1-2-9(8-11)15(21)22/h1-8,13,18H,(H,21,22)/t13-/m0/s1. The van der Waals surface area contributed by atoms with Crippen LogP contribution in [0.1, 0.15) is 10.4 Å². The second-order valence-corrected chi connectivity index (χ2v) is 6.00. The van der Waals surface area contributed by atoms with Crippen molar-refractivity contribution < 1.29 is 23.9 Å². The number of thioether (sulfide) groups is 1. The molecule has 1 aliphatic rings. The van der Waals surface area contributed by atoms with Crippen molar-refractivity contribution in [3.63, 3.8) is 0 Å². The van der Waals surface area contributed by atoms with Crippen molar-refractivity contribution in [3.8, 4) is 0 Å². The highest BCUT2D eigenvalue weighted by Gasteiger charge is 2.40. The van der Waals surface area contributed by atoms with Gasteiger partial charge in [0.2, 0.25) is 0 Å². The largest absolute Gasteiger partial charge is 0.478 e. The lowest BCUT2D eigenvalue weighted by Crippen LogP contribution is -2.34. The van der Waals surface area contributed by atoms with Crippen LogP contribution in [0.3, 0.4) is 0 Å². The number of imide groups is 1. The van der Waals surface area contributed by atoms with Crippen LogP contribution in [0.4, 0.5) is 20.6 Å². The summed E-state index contributed by atoms with van der Waals surface area (Å²) in [5, 5.41) is 10.5. The molecule has 2 N–H and O–H groups in total. The lowest BCUT2D eigenvalue weighted by Gasteiger charge is -2.15. The minimum absolute atomic E-state index is 0.0668. The van der Waals surface area contributed by atoms with E-state index in [0.717, 1.165) is 28.8 Å². The third-order valence-electron chi connectivity index (χ3n) is 3.34. The van der Waals surface area contributed by atoms with Crippen molar-refractivity contribution in [3.05, 3.63) is 59.9 Å². The molecule has 0 aliphatic carbocycles. The van der Waals surface area contributed by atoms with Gasteiger partial charge in [-0.3, -0.25) is 9.59 Å². The summed E-state index contributed by atoms with van der Waals surface area (Å²) in [6, 6.07) is 11.0. The maximum Gasteiger partial charge on any atom is 0.335 e. The number of carboxylic acid groups (broad SMARTS) is 1. The molecule has 8 heteroatoms. The zero-order chi connectivity index (χ0) is 17.3. The highest BCUT2D eigenvalue weighted by Crippen LogP contribution is 2.32. The first-order valence-corrected chi connectivity index (χ1v) is 7.74. The van der Waals surface area contributed by atoms with Crippen LogP contribution in [-0.4, -0.2) is 27.6 Å². The lowest BCUT2D eigenvalue weighted by atomic mass is 10.2. The molecule has 1 fully saturated rings. The van der Waals surface area contributed by atoms with E-state index >= 15 is 0 Å². The maximum absolute atomic E-state index is 13.0. The number of rotatable bonds is 4. The number of amides is 2. The summed E-state index contributed by atoms with van der Waals surface area (Å²) < 4.78 is 13.0. The number of carbonyl (C=O) groups excluding carboxylic acids is 2. The number of carboxylic acids is 1. The fourth-order valence-electron chi connectivity index (χ4n) is 2.22. The molecule has 2 aromatic carbocycles. The van der Waals surface area contributed by atoms with Crippen LogP contribution in [0, 0.1) is 5.82 Å². The van der Waals surface area contributed by atoms with E-state index in [9.17, 15) is 18.8 Å². The van der Waals surface area contributed by atoms with Crippen molar-refractivity contribution in [2.45, 2.75) is 5.37 Å². The van der Waals surface area contributed by atoms with Gasteiger partial charge in [-0.05, 0) is 54.2 Å². The van der Waals surface area contributed by atoms with Crippen molar-refractivity contribution in [2.24, 2.45) is 0 Å². The molecule has 2 aromatic rings. The number of nitrogens with one attached hydrogen (secondary N) is 1. The van der Waals surface area contributed by atoms with Crippen LogP contribution in [0.25, 0.3) is 0 Å². The molecule has 0 saturated carbocycles. The highest BCUT2D eigenvalue weighted by molar-refractivity contribution is 8.16. The van der Waals surface area contributed by atoms with Gasteiger partial charge in [0, 0.05) is 5.69 Å². The molecule has 2 amide bonds. The molecule has 6 nitrogen and oxygen atoms in total. The van der Waals surface area contributed by atoms with Gasteiger partial charge < -0.3 is 10.4 Å². The number of hydrogen-bond acceptors (Lipinski definition) is 5. The molecule has 3 rings (SSSR count). The van der Waals surface area contributed by atoms with E-state index in [1.165, 1.54) is 30.3 Å². The SMILES string of the molecule is O=C(O)c1cccc(N[C@H]2SC(=O)N(c3ccc(F)cc3)C2=O)c1. The molecule has 1 aliphatic heterocycles. The third kappa shape index (κ3) is 3.09. The van der Waals surface area contributed by atoms with Crippen molar-refractivity contribution >= 4 is 40.3 Å². The number of aromatic carboxylic acids is 1. The predicted molar refractivity (Wildman–Crippen MR) is 87.7 cm³/mol. The molecule has 0 bridgehead atoms. The second kappa shape index (κ2) is 6.32. The molecule has 1 saturated heterocycles. The summed E-state index contributed by atoms with van der Waals surface area (Å²) in [7, 11) is 0. The number of halogens is 1. The monoisotopic (exact) mass is 346 g/mol. The molecule has 1 heterocycles. The predicted octanol–water partition coefficient (Wildman–Crippen LogP) is 3.16. The third-order valence-corrected chi connectivity index (χ3v) is 4.28. The Hall–Kier alpha value is -2.87. The zero-order valence-corrected chi connectivity index (χ0v) is 12.9. The molecule has 122 valence electrons. The molecule has 0 spiro atoms. The van der Waals surface area contributed by atoms with E-state index in [1.807, 2.05) is 0 Å². The summed E-state index contributed by atoms with van der Waals surface area (Å²) in [4.78, 5) is 36.5. The Morgan fingerprint density at radius 1 is 1.17 bits per heavy atom. The summed E-state index contributed by atoms with van der Waals surface area (Å²) in [5.41, 5.74) is 0.758. The first-order chi connectivity index (χ1) is 11.5. The molecule has 1 atom stereocenters. The molecule has 24 heavy (non-hydrogen) atoms. The van der Waals surface area contributed by atoms with Gasteiger partial charge >= 0.3 is 5.97 Å². The average molecular weight is 346 g/mol. The van der Waals surface area contributed by atoms with E-state index in [1.54, 1.807) is 6.07 Å². The van der Waals surface area contributed by atoms with Gasteiger partial charge in [-0.25, -0.2) is 14.1 Å². The van der Waals surface area contributed by atoms with Crippen LogP contribution in [0.15, 0.2) is 48.5 Å². The van der Waals surface area contributed by atoms with Gasteiger partial charge in [0.1, 0.15) is 5.82 Å². The number of benzene rings is 2. The quantitative estimate of drug-likeness (QED) is 0.884. The van der Waals surface area contributed by atoms with Crippen LogP contribution in [-0.2, 0) is 4.79 Å². The van der Waals surface area contributed by atoms with Crippen molar-refractivity contribution in [1.29, 1.82) is 0 Å². The first-order valence-electron chi connectivity index (χ1n) is 6.86. The van der Waals surface area contributed by atoms with Gasteiger partial charge in [0.05, 0.1) is 11.3 Å². The van der Waals surface area contributed by atoms with E-state index in [2.05, 4.69) is 5.32 Å². The van der Waals surface area contributed by atoms with E-state index in [-0.39, 0.29) is 11.3 Å². The Labute approximate surface area is 140 Å². The lowest BCUT2D eigenvalue weighted by molar-refractivity contribution is -0.116. The van der Waals surface area contributed by atoms with Crippen molar-refractivity contribution in [1.82, 2.24) is 0 Å². The van der Waals surface area contributed by atoms with Gasteiger partial charge in [0.25, 0.3) is 11.1 Å². The van der Waals surface area contributed by atoms with Crippen LogP contribution in [0.2, 0.25) is 0 Å². The minimum atomic E-state index is -1.09. The number of hydrogen-bond donors (Lipinski definition) is 2. The molecule has 0 aromatic heterocycles. The van der Waals surface area contributed by atoms with Crippen LogP contribution in [0.5, 0.6) is 0 Å². The van der Waals surface area contributed by atoms with Gasteiger partial charge in [-0.15, -0.1) is 0 Å². The van der Waals surface area contributed by atoms with Gasteiger partial charge in [-0.1, -0.05) is 6.07 Å². The van der Waals surface area contributed by atoms with Gasteiger partial charge in [-0.2, -0.15) is 0 Å². The normalized spacial score (nSPS) is 17.2. The van der Waals surface area contributed by atoms with E-state index < -0.39 is 28.3 Å². The number of carbonyl (C=O) groups is 3. The maximum atomic E-state index is 13.0. The Morgan fingerprint density at radius 2 is 1.88 bits per heavy atom. The smallest absolute Gasteiger partial charge is 0.335 e. The number of nitrogens with zero attached hydrogens (tertiary/aromatic N) is 1. The Balaban J connectivity index is 1.80. The van der Waals surface area contributed by atoms with E-state index in [0.29, 0.717) is 5.69 Å². The Kier molecular flexibility index (Phi) is 4.22. The average Bonchev–Trinajstić information content (AvgIpc) is 2.83. The summed E-state index contributed by atoms with van der Waals surface area (Å²) in [5.74, 6) is -2.06. The molecule has 0 unspecified atom stereocenters. The zero-order valence-electron chi connectivity index (χ0n) is 12.1. The Bertz CT molecular complexity index is 825. The summed E-state index contributed by atoms with van der Waals surface area (Å²) in [6.45, 7) is 0. The van der Waals surface area contributed by atoms with Crippen LogP contribution >= 0.6 is 11.8 Å². The number of anilines is 2. The first kappa shape index (κ1) is 16.0. The minimum Gasteiger partial charge on any atom is -0.478 e. The molecule has 0 radical (unpaired) electrons. The summed E-state index contributed by atoms with van der Waals surface area (Å²) in [6.07, 6.45) is 0. The highest BCUT2D eigenvalue weighted by atomic mass is 32.2. The topological polar surface area (TPSA) is 86.7 Å². The fourth-order valence-corrected chi connectivity index (χ4v) is 3.12. The fraction of sp³-hybridized carbons (Fsp3) is 0.0625. The van der Waals surface area contributed by atoms with E-state index in [4.69, 9.17) is 5.11 Å². The Morgan fingerprint density at radius 3 is 2.54 bits per heavy atom. The second-order valence-electron chi connectivity index (χ2n) is 4.94. The molecular weight excluding hydrogens is 335 g/mol. The summed E-state index contributed by atoms with van der Waals surface area (Å²) >= 11 is 0.775. The van der Waals surface area contributed by atoms with Crippen LogP contribution < -0.4 is 10.2 Å². The van der Waals surface area contributed by atoms with Crippen molar-refractivity contribution in [2.75, 3.05) is 10.2 Å². The molecular formula is C16H11FN2O4S.